The molecule has 1 N–H and O–H groups in total. The van der Waals surface area contributed by atoms with Crippen molar-refractivity contribution in [1.82, 2.24) is 0 Å². The Labute approximate surface area is 215 Å². The molecule has 0 atom stereocenters. The van der Waals surface area contributed by atoms with Crippen molar-refractivity contribution < 1.29 is 5.11 Å². The van der Waals surface area contributed by atoms with Crippen LogP contribution in [0.4, 0.5) is 0 Å². The third kappa shape index (κ3) is 5.08. The van der Waals surface area contributed by atoms with Crippen LogP contribution in [-0.4, -0.2) is 5.11 Å². The lowest BCUT2D eigenvalue weighted by molar-refractivity contribution is 0.126. The third-order valence-corrected chi connectivity index (χ3v) is 7.03. The fourth-order valence-electron chi connectivity index (χ4n) is 4.59. The summed E-state index contributed by atoms with van der Waals surface area (Å²) in [6.45, 7) is 13.2. The van der Waals surface area contributed by atoms with Gasteiger partial charge in [0.15, 0.2) is 0 Å². The minimum Gasteiger partial charge on any atom is -0.376 e. The van der Waals surface area contributed by atoms with Gasteiger partial charge in [0.2, 0.25) is 0 Å². The van der Waals surface area contributed by atoms with E-state index in [1.807, 2.05) is 60.7 Å². The lowest BCUT2D eigenvalue weighted by atomic mass is 9.75. The van der Waals surface area contributed by atoms with Crippen LogP contribution in [0.25, 0.3) is 11.1 Å². The molecule has 180 valence electrons. The summed E-state index contributed by atoms with van der Waals surface area (Å²) in [5.74, 6) is 0. The minimum absolute atomic E-state index is 0.0241. The summed E-state index contributed by atoms with van der Waals surface area (Å²) in [5.41, 5.74) is 5.50. The Morgan fingerprint density at radius 3 is 1.40 bits per heavy atom. The molecule has 0 spiro atoms. The number of rotatable bonds is 4. The van der Waals surface area contributed by atoms with E-state index in [1.165, 1.54) is 11.1 Å². The number of halogens is 1. The highest BCUT2D eigenvalue weighted by atomic mass is 35.5. The van der Waals surface area contributed by atoms with Crippen LogP contribution in [-0.2, 0) is 16.4 Å². The van der Waals surface area contributed by atoms with Gasteiger partial charge in [-0.3, -0.25) is 0 Å². The van der Waals surface area contributed by atoms with Crippen molar-refractivity contribution in [2.45, 2.75) is 58.0 Å². The highest BCUT2D eigenvalue weighted by molar-refractivity contribution is 6.30. The van der Waals surface area contributed by atoms with Crippen LogP contribution >= 0.6 is 11.6 Å². The van der Waals surface area contributed by atoms with Crippen molar-refractivity contribution in [3.63, 3.8) is 0 Å². The molecule has 0 fully saturated rings. The highest BCUT2D eigenvalue weighted by Crippen LogP contribution is 2.43. The first-order chi connectivity index (χ1) is 16.4. The van der Waals surface area contributed by atoms with Crippen LogP contribution in [0, 0.1) is 0 Å². The Morgan fingerprint density at radius 2 is 0.971 bits per heavy atom. The van der Waals surface area contributed by atoms with E-state index in [2.05, 4.69) is 77.9 Å². The Bertz CT molecular complexity index is 1230. The van der Waals surface area contributed by atoms with Crippen LogP contribution in [0.1, 0.15) is 69.4 Å². The Morgan fingerprint density at radius 1 is 0.543 bits per heavy atom. The second-order valence-electron chi connectivity index (χ2n) is 11.4. The zero-order valence-electron chi connectivity index (χ0n) is 21.6. The molecule has 0 saturated carbocycles. The van der Waals surface area contributed by atoms with Crippen LogP contribution < -0.4 is 0 Å². The summed E-state index contributed by atoms with van der Waals surface area (Å²) < 4.78 is 0. The molecule has 0 aliphatic carbocycles. The van der Waals surface area contributed by atoms with Gasteiger partial charge in [0.05, 0.1) is 0 Å². The van der Waals surface area contributed by atoms with Gasteiger partial charge in [-0.1, -0.05) is 138 Å². The van der Waals surface area contributed by atoms with E-state index in [0.29, 0.717) is 5.02 Å². The summed E-state index contributed by atoms with van der Waals surface area (Å²) >= 11 is 6.54. The van der Waals surface area contributed by atoms with Crippen molar-refractivity contribution in [2.75, 3.05) is 0 Å². The molecule has 4 rings (SSSR count). The summed E-state index contributed by atoms with van der Waals surface area (Å²) in [7, 11) is 0. The summed E-state index contributed by atoms with van der Waals surface area (Å²) in [5, 5.41) is 13.3. The van der Waals surface area contributed by atoms with E-state index in [0.717, 1.165) is 27.8 Å². The molecule has 0 aliphatic heterocycles. The van der Waals surface area contributed by atoms with Gasteiger partial charge in [-0.15, -0.1) is 0 Å². The summed E-state index contributed by atoms with van der Waals surface area (Å²) in [6.07, 6.45) is 0. The van der Waals surface area contributed by atoms with Gasteiger partial charge >= 0.3 is 0 Å². The van der Waals surface area contributed by atoms with Crippen molar-refractivity contribution >= 4 is 11.6 Å². The zero-order chi connectivity index (χ0) is 25.4. The summed E-state index contributed by atoms with van der Waals surface area (Å²) in [4.78, 5) is 0. The SMILES string of the molecule is CC(C)(C)c1ccc(C(O)(c2ccc(C(C)(C)C)cc2)c2cc(Cl)ccc2-c2ccccc2)cc1. The van der Waals surface area contributed by atoms with E-state index in [9.17, 15) is 5.11 Å². The van der Waals surface area contributed by atoms with Gasteiger partial charge in [-0.25, -0.2) is 0 Å². The van der Waals surface area contributed by atoms with Crippen molar-refractivity contribution in [1.29, 1.82) is 0 Å². The zero-order valence-corrected chi connectivity index (χ0v) is 22.3. The van der Waals surface area contributed by atoms with Gasteiger partial charge < -0.3 is 5.11 Å². The van der Waals surface area contributed by atoms with E-state index in [4.69, 9.17) is 11.6 Å². The second-order valence-corrected chi connectivity index (χ2v) is 11.9. The predicted octanol–water partition coefficient (Wildman–Crippen LogP) is 8.89. The topological polar surface area (TPSA) is 20.2 Å². The van der Waals surface area contributed by atoms with Crippen molar-refractivity contribution in [3.8, 4) is 11.1 Å². The average molecular weight is 483 g/mol. The largest absolute Gasteiger partial charge is 0.376 e. The second kappa shape index (κ2) is 9.30. The molecule has 0 aliphatic rings. The first-order valence-electron chi connectivity index (χ1n) is 12.2. The quantitative estimate of drug-likeness (QED) is 0.288. The predicted molar refractivity (Wildman–Crippen MR) is 149 cm³/mol. The maximum atomic E-state index is 12.7. The van der Waals surface area contributed by atoms with Crippen LogP contribution in [0.2, 0.25) is 5.02 Å². The molecule has 0 bridgehead atoms. The van der Waals surface area contributed by atoms with Crippen LogP contribution in [0.15, 0.2) is 97.1 Å². The van der Waals surface area contributed by atoms with Gasteiger partial charge in [0.25, 0.3) is 0 Å². The molecule has 0 amide bonds. The number of aliphatic hydroxyl groups is 1. The van der Waals surface area contributed by atoms with E-state index in [-0.39, 0.29) is 10.8 Å². The standard InChI is InChI=1S/C33H35ClO/c1-31(2,3)24-12-16-26(17-13-24)33(35,27-18-14-25(15-19-27)32(4,5)6)30-22-28(34)20-21-29(30)23-10-8-7-9-11-23/h7-22,35H,1-6H3. The van der Waals surface area contributed by atoms with Crippen molar-refractivity contribution in [3.05, 3.63) is 130 Å². The number of benzene rings is 4. The first kappa shape index (κ1) is 25.2. The Kier molecular flexibility index (Phi) is 6.70. The minimum atomic E-state index is -1.39. The van der Waals surface area contributed by atoms with E-state index >= 15 is 0 Å². The molecule has 4 aromatic carbocycles. The normalized spacial score (nSPS) is 12.6. The Balaban J connectivity index is 1.99. The molecule has 0 saturated heterocycles. The molecule has 0 unspecified atom stereocenters. The van der Waals surface area contributed by atoms with Gasteiger partial charge in [0, 0.05) is 10.6 Å². The Hall–Kier alpha value is -2.87. The smallest absolute Gasteiger partial charge is 0.141 e. The van der Waals surface area contributed by atoms with Gasteiger partial charge in [-0.2, -0.15) is 0 Å². The lowest BCUT2D eigenvalue weighted by Crippen LogP contribution is -2.30. The summed E-state index contributed by atoms with van der Waals surface area (Å²) in [6, 6.07) is 32.7. The number of hydrogen-bond acceptors (Lipinski definition) is 1. The lowest BCUT2D eigenvalue weighted by Gasteiger charge is -2.33. The third-order valence-electron chi connectivity index (χ3n) is 6.79. The van der Waals surface area contributed by atoms with Gasteiger partial charge in [-0.05, 0) is 56.3 Å². The molecule has 4 aromatic rings. The van der Waals surface area contributed by atoms with Crippen LogP contribution in [0.3, 0.4) is 0 Å². The molecule has 1 nitrogen and oxygen atoms in total. The molecule has 0 heterocycles. The van der Waals surface area contributed by atoms with E-state index in [1.54, 1.807) is 0 Å². The molecular weight excluding hydrogens is 448 g/mol. The average Bonchev–Trinajstić information content (AvgIpc) is 2.83. The highest BCUT2D eigenvalue weighted by Gasteiger charge is 2.37. The fourth-order valence-corrected chi connectivity index (χ4v) is 4.76. The molecular formula is C33H35ClO. The van der Waals surface area contributed by atoms with E-state index < -0.39 is 5.60 Å². The number of hydrogen-bond donors (Lipinski definition) is 1. The molecule has 35 heavy (non-hydrogen) atoms. The fraction of sp³-hybridized carbons (Fsp3) is 0.273. The first-order valence-corrected chi connectivity index (χ1v) is 12.6. The van der Waals surface area contributed by atoms with Gasteiger partial charge in [0.1, 0.15) is 5.60 Å². The maximum absolute atomic E-state index is 12.7. The maximum Gasteiger partial charge on any atom is 0.141 e. The van der Waals surface area contributed by atoms with Crippen molar-refractivity contribution in [2.24, 2.45) is 0 Å². The van der Waals surface area contributed by atoms with Crippen LogP contribution in [0.5, 0.6) is 0 Å². The molecule has 0 aromatic heterocycles. The molecule has 2 heteroatoms. The molecule has 0 radical (unpaired) electrons. The monoisotopic (exact) mass is 482 g/mol.